The first-order valence-electron chi connectivity index (χ1n) is 36.3. The number of aliphatic carboxylic acids is 1. The molecule has 9 heteroatoms. The molecule has 0 aliphatic carbocycles. The molecule has 0 aromatic carbocycles. The molecule has 0 N–H and O–H groups in total. The summed E-state index contributed by atoms with van der Waals surface area (Å²) in [6.45, 7) is 4.82. The van der Waals surface area contributed by atoms with E-state index in [-0.39, 0.29) is 32.2 Å². The third-order valence-electron chi connectivity index (χ3n) is 16.8. The van der Waals surface area contributed by atoms with Gasteiger partial charge in [0.15, 0.2) is 12.4 Å². The van der Waals surface area contributed by atoms with Crippen molar-refractivity contribution < 1.29 is 42.9 Å². The van der Waals surface area contributed by atoms with E-state index in [0.717, 1.165) is 38.5 Å². The van der Waals surface area contributed by atoms with Gasteiger partial charge in [0.05, 0.1) is 40.3 Å². The Morgan fingerprint density at radius 2 is 0.622 bits per heavy atom. The average molecular weight is 1160 g/mol. The topological polar surface area (TPSA) is 111 Å². The maximum Gasteiger partial charge on any atom is 0.306 e. The molecule has 0 spiro atoms. The van der Waals surface area contributed by atoms with E-state index < -0.39 is 24.3 Å². The molecule has 486 valence electrons. The van der Waals surface area contributed by atoms with Crippen molar-refractivity contribution in [3.05, 3.63) is 12.2 Å². The third kappa shape index (κ3) is 65.6. The predicted molar refractivity (Wildman–Crippen MR) is 348 cm³/mol. The lowest BCUT2D eigenvalue weighted by atomic mass is 10.0. The quantitative estimate of drug-likeness (QED) is 0.0195. The number of quaternary nitrogens is 1. The summed E-state index contributed by atoms with van der Waals surface area (Å²) in [4.78, 5) is 37.4. The number of carboxylic acid groups (broad SMARTS) is 1. The van der Waals surface area contributed by atoms with E-state index in [9.17, 15) is 19.5 Å². The molecule has 0 amide bonds. The molecule has 0 saturated heterocycles. The van der Waals surface area contributed by atoms with Gasteiger partial charge in [-0.15, -0.1) is 0 Å². The van der Waals surface area contributed by atoms with E-state index in [4.69, 9.17) is 18.9 Å². The second-order valence-electron chi connectivity index (χ2n) is 26.2. The highest BCUT2D eigenvalue weighted by Gasteiger charge is 2.22. The maximum atomic E-state index is 12.9. The molecule has 0 aliphatic rings. The van der Waals surface area contributed by atoms with Crippen LogP contribution in [-0.2, 0) is 33.3 Å². The van der Waals surface area contributed by atoms with Crippen LogP contribution in [0.5, 0.6) is 0 Å². The van der Waals surface area contributed by atoms with Crippen molar-refractivity contribution in [3.8, 4) is 0 Å². The Labute approximate surface area is 510 Å². The highest BCUT2D eigenvalue weighted by atomic mass is 16.7. The number of esters is 2. The van der Waals surface area contributed by atoms with E-state index >= 15 is 0 Å². The van der Waals surface area contributed by atoms with E-state index in [1.807, 2.05) is 21.1 Å². The Morgan fingerprint density at radius 1 is 0.354 bits per heavy atom. The second kappa shape index (κ2) is 65.0. The molecule has 0 rings (SSSR count). The fraction of sp³-hybridized carbons (Fsp3) is 0.932. The van der Waals surface area contributed by atoms with E-state index in [1.165, 1.54) is 315 Å². The number of rotatable bonds is 69. The van der Waals surface area contributed by atoms with Gasteiger partial charge in [-0.1, -0.05) is 341 Å². The molecule has 0 fully saturated rings. The summed E-state index contributed by atoms with van der Waals surface area (Å²) in [6.07, 6.45) is 76.2. The first-order chi connectivity index (χ1) is 40.1. The number of likely N-dealkylation sites (N-methyl/N-ethyl adjacent to an activating group) is 1. The predicted octanol–water partition coefficient (Wildman–Crippen LogP) is 21.1. The number of hydrogen-bond donors (Lipinski definition) is 0. The average Bonchev–Trinajstić information content (AvgIpc) is 3.45. The Bertz CT molecular complexity index is 1350. The van der Waals surface area contributed by atoms with Gasteiger partial charge in [-0.25, -0.2) is 0 Å². The van der Waals surface area contributed by atoms with Gasteiger partial charge in [-0.05, 0) is 38.5 Å². The van der Waals surface area contributed by atoms with Crippen LogP contribution in [0, 0.1) is 0 Å². The summed E-state index contributed by atoms with van der Waals surface area (Å²) < 4.78 is 22.8. The van der Waals surface area contributed by atoms with Crippen LogP contribution in [0.2, 0.25) is 0 Å². The van der Waals surface area contributed by atoms with Crippen molar-refractivity contribution >= 4 is 17.9 Å². The molecule has 0 aromatic rings. The molecule has 82 heavy (non-hydrogen) atoms. The number of hydrogen-bond acceptors (Lipinski definition) is 8. The highest BCUT2D eigenvalue weighted by molar-refractivity contribution is 5.70. The first kappa shape index (κ1) is 80.0. The van der Waals surface area contributed by atoms with E-state index in [1.54, 1.807) is 0 Å². The van der Waals surface area contributed by atoms with Crippen molar-refractivity contribution in [2.45, 2.75) is 392 Å². The van der Waals surface area contributed by atoms with Crippen molar-refractivity contribution in [1.29, 1.82) is 0 Å². The lowest BCUT2D eigenvalue weighted by Crippen LogP contribution is -2.44. The Balaban J connectivity index is 3.88. The number of allylic oxidation sites excluding steroid dienone is 2. The van der Waals surface area contributed by atoms with Gasteiger partial charge in [0.1, 0.15) is 13.2 Å². The zero-order valence-electron chi connectivity index (χ0n) is 55.7. The molecule has 9 nitrogen and oxygen atoms in total. The summed E-state index contributed by atoms with van der Waals surface area (Å²) in [6, 6.07) is 0. The largest absolute Gasteiger partial charge is 0.545 e. The van der Waals surface area contributed by atoms with Gasteiger partial charge >= 0.3 is 11.9 Å². The second-order valence-corrected chi connectivity index (χ2v) is 26.2. The molecule has 0 heterocycles. The van der Waals surface area contributed by atoms with Crippen LogP contribution in [-0.4, -0.2) is 82.3 Å². The number of ether oxygens (including phenoxy) is 4. The molecule has 0 aromatic heterocycles. The lowest BCUT2D eigenvalue weighted by Gasteiger charge is -2.26. The molecule has 2 unspecified atom stereocenters. The van der Waals surface area contributed by atoms with Gasteiger partial charge in [-0.3, -0.25) is 9.59 Å². The zero-order valence-corrected chi connectivity index (χ0v) is 55.7. The summed E-state index contributed by atoms with van der Waals surface area (Å²) >= 11 is 0. The Kier molecular flexibility index (Phi) is 63.5. The standard InChI is InChI=1S/C73H141NO8/c1-6-8-10-12-14-16-18-20-22-24-25-26-27-28-29-30-31-32-33-34-35-36-37-38-39-40-41-42-43-44-45-46-47-48-50-52-54-56-58-60-62-64-71(76)82-69(68-81-73(72(77)78)79-66-65-74(3,4)5)67-80-70(75)63-61-59-57-55-53-51-49-23-21-19-17-15-13-11-9-7-2/h24-25,69,73H,6-23,26-68H2,1-5H3/b25-24-. The van der Waals surface area contributed by atoms with Gasteiger partial charge in [0.25, 0.3) is 0 Å². The van der Waals surface area contributed by atoms with E-state index in [0.29, 0.717) is 17.4 Å². The van der Waals surface area contributed by atoms with Crippen molar-refractivity contribution in [2.75, 3.05) is 47.5 Å². The molecule has 0 aliphatic heterocycles. The smallest absolute Gasteiger partial charge is 0.306 e. The van der Waals surface area contributed by atoms with Crippen LogP contribution >= 0.6 is 0 Å². The van der Waals surface area contributed by atoms with Crippen molar-refractivity contribution in [1.82, 2.24) is 0 Å². The number of carboxylic acids is 1. The summed E-state index contributed by atoms with van der Waals surface area (Å²) in [5.74, 6) is -2.25. The highest BCUT2D eigenvalue weighted by Crippen LogP contribution is 2.19. The normalized spacial score (nSPS) is 12.6. The molecular weight excluding hydrogens is 1020 g/mol. The SMILES string of the molecule is CCCCCCCCCC/C=C\CCCCCCCCCCCCCCCCCCCCCCCCCCCCCCCC(=O)OC(COC(=O)CCCCCCCCCCCCCCCCCC)COC(OCC[N+](C)(C)C)C(=O)[O-]. The van der Waals surface area contributed by atoms with Crippen LogP contribution in [0.1, 0.15) is 380 Å². The minimum Gasteiger partial charge on any atom is -0.545 e. The minimum atomic E-state index is -1.62. The Hall–Kier alpha value is -1.97. The molecule has 2 atom stereocenters. The zero-order chi connectivity index (χ0) is 59.8. The summed E-state index contributed by atoms with van der Waals surface area (Å²) in [5.41, 5.74) is 0. The van der Waals surface area contributed by atoms with Crippen molar-refractivity contribution in [3.63, 3.8) is 0 Å². The number of unbranched alkanes of at least 4 members (excludes halogenated alkanes) is 52. The maximum absolute atomic E-state index is 12.9. The molecule has 0 bridgehead atoms. The number of carbonyl (C=O) groups is 3. The van der Waals surface area contributed by atoms with Gasteiger partial charge in [0, 0.05) is 12.8 Å². The fourth-order valence-corrected chi connectivity index (χ4v) is 11.2. The monoisotopic (exact) mass is 1160 g/mol. The van der Waals surface area contributed by atoms with Crippen molar-refractivity contribution in [2.24, 2.45) is 0 Å². The first-order valence-corrected chi connectivity index (χ1v) is 36.3. The minimum absolute atomic E-state index is 0.153. The lowest BCUT2D eigenvalue weighted by molar-refractivity contribution is -0.870. The van der Waals surface area contributed by atoms with Crippen LogP contribution in [0.15, 0.2) is 12.2 Å². The van der Waals surface area contributed by atoms with Crippen LogP contribution in [0.4, 0.5) is 0 Å². The number of nitrogens with zero attached hydrogens (tertiary/aromatic N) is 1. The molecular formula is C73H141NO8. The van der Waals surface area contributed by atoms with Crippen LogP contribution in [0.25, 0.3) is 0 Å². The van der Waals surface area contributed by atoms with Gasteiger partial charge in [-0.2, -0.15) is 0 Å². The summed E-state index contributed by atoms with van der Waals surface area (Å²) in [5, 5.41) is 11.8. The fourth-order valence-electron chi connectivity index (χ4n) is 11.2. The van der Waals surface area contributed by atoms with Gasteiger partial charge < -0.3 is 33.3 Å². The molecule has 0 radical (unpaired) electrons. The van der Waals surface area contributed by atoms with Gasteiger partial charge in [0.2, 0.25) is 0 Å². The molecule has 0 saturated carbocycles. The van der Waals surface area contributed by atoms with E-state index in [2.05, 4.69) is 26.0 Å². The van der Waals surface area contributed by atoms with Crippen LogP contribution in [0.3, 0.4) is 0 Å². The Morgan fingerprint density at radius 3 is 0.902 bits per heavy atom. The van der Waals surface area contributed by atoms with Crippen LogP contribution < -0.4 is 5.11 Å². The third-order valence-corrected chi connectivity index (χ3v) is 16.8. The number of carbonyl (C=O) groups excluding carboxylic acids is 3. The summed E-state index contributed by atoms with van der Waals surface area (Å²) in [7, 11) is 5.94.